The molecule has 1 aromatic heterocycles. The number of fused-ring (bicyclic) bond motifs is 2. The van der Waals surface area contributed by atoms with Crippen LogP contribution in [0.5, 0.6) is 0 Å². The summed E-state index contributed by atoms with van der Waals surface area (Å²) >= 11 is 0. The molecule has 7 heteroatoms. The van der Waals surface area contributed by atoms with Crippen molar-refractivity contribution in [3.05, 3.63) is 58.9 Å². The quantitative estimate of drug-likeness (QED) is 0.524. The number of rotatable bonds is 6. The number of nitrogens with one attached hydrogen (secondary N) is 1. The van der Waals surface area contributed by atoms with Crippen LogP contribution in [-0.2, 0) is 22.3 Å². The minimum absolute atomic E-state index is 0.148. The summed E-state index contributed by atoms with van der Waals surface area (Å²) in [4.78, 5) is 19.3. The maximum absolute atomic E-state index is 11.6. The van der Waals surface area contributed by atoms with E-state index in [2.05, 4.69) is 52.0 Å². The topological polar surface area (TPSA) is 68.6 Å². The molecule has 0 spiro atoms. The van der Waals surface area contributed by atoms with Crippen molar-refractivity contribution in [1.82, 2.24) is 14.5 Å². The highest BCUT2D eigenvalue weighted by molar-refractivity contribution is 5.84. The van der Waals surface area contributed by atoms with Gasteiger partial charge in [-0.05, 0) is 85.9 Å². The molecule has 7 nitrogen and oxygen atoms in total. The second-order valence-corrected chi connectivity index (χ2v) is 10.9. The van der Waals surface area contributed by atoms with Crippen molar-refractivity contribution in [3.8, 4) is 0 Å². The molecule has 36 heavy (non-hydrogen) atoms. The average molecular weight is 489 g/mol. The molecule has 2 fully saturated rings. The highest BCUT2D eigenvalue weighted by Crippen LogP contribution is 2.43. The molecule has 1 saturated carbocycles. The first-order chi connectivity index (χ1) is 17.5. The number of piperidine rings is 1. The molecule has 0 radical (unpaired) electrons. The van der Waals surface area contributed by atoms with Crippen LogP contribution in [0.1, 0.15) is 53.7 Å². The first kappa shape index (κ1) is 23.5. The third kappa shape index (κ3) is 4.50. The Hall–Kier alpha value is -2.90. The van der Waals surface area contributed by atoms with E-state index in [-0.39, 0.29) is 6.10 Å². The van der Waals surface area contributed by atoms with Crippen LogP contribution in [0.4, 0.5) is 10.5 Å². The molecule has 3 aliphatic rings. The molecule has 1 N–H and O–H groups in total. The lowest BCUT2D eigenvalue weighted by Crippen LogP contribution is -2.47. The number of carbonyl (C=O) groups is 1. The van der Waals surface area contributed by atoms with Crippen LogP contribution in [0, 0.1) is 12.8 Å². The molecule has 0 bridgehead atoms. The van der Waals surface area contributed by atoms with Crippen LogP contribution in [0.3, 0.4) is 0 Å². The number of likely N-dealkylation sites (tertiary alicyclic amines) is 1. The van der Waals surface area contributed by atoms with Gasteiger partial charge in [0.1, 0.15) is 5.82 Å². The molecule has 0 unspecified atom stereocenters. The van der Waals surface area contributed by atoms with Gasteiger partial charge in [0.05, 0.1) is 30.3 Å². The molecule has 1 saturated heterocycles. The number of anilines is 1. The Balaban J connectivity index is 1.15. The lowest BCUT2D eigenvalue weighted by Gasteiger charge is -2.40. The Bertz CT molecular complexity index is 1280. The summed E-state index contributed by atoms with van der Waals surface area (Å²) < 4.78 is 13.4. The first-order valence-electron chi connectivity index (χ1n) is 13.2. The van der Waals surface area contributed by atoms with E-state index in [1.54, 1.807) is 0 Å². The second-order valence-electron chi connectivity index (χ2n) is 10.9. The number of benzene rings is 2. The maximum atomic E-state index is 11.6. The number of nitrogens with zero attached hydrogens (tertiary/aromatic N) is 3. The number of hydrogen-bond donors (Lipinski definition) is 1. The smallest absolute Gasteiger partial charge is 0.411 e. The number of amides is 1. The Kier molecular flexibility index (Phi) is 6.21. The molecule has 3 aromatic rings. The number of methoxy groups -OCH3 is 2. The van der Waals surface area contributed by atoms with Gasteiger partial charge in [0.2, 0.25) is 0 Å². The average Bonchev–Trinajstić information content (AvgIpc) is 3.55. The van der Waals surface area contributed by atoms with Gasteiger partial charge in [0.15, 0.2) is 0 Å². The van der Waals surface area contributed by atoms with Crippen LogP contribution in [-0.4, -0.2) is 60.5 Å². The molecule has 2 aromatic carbocycles. The summed E-state index contributed by atoms with van der Waals surface area (Å²) in [6.45, 7) is 5.23. The minimum atomic E-state index is -0.427. The van der Waals surface area contributed by atoms with Gasteiger partial charge in [-0.15, -0.1) is 0 Å². The lowest BCUT2D eigenvalue weighted by atomic mass is 9.98. The molecule has 6 rings (SSSR count). The predicted molar refractivity (Wildman–Crippen MR) is 141 cm³/mol. The fourth-order valence-electron chi connectivity index (χ4n) is 6.32. The van der Waals surface area contributed by atoms with Gasteiger partial charge in [0.25, 0.3) is 0 Å². The summed E-state index contributed by atoms with van der Waals surface area (Å²) in [6.07, 6.45) is 5.42. The Morgan fingerprint density at radius 1 is 1.08 bits per heavy atom. The largest absolute Gasteiger partial charge is 0.453 e. The molecule has 3 atom stereocenters. The van der Waals surface area contributed by atoms with Crippen LogP contribution < -0.4 is 5.32 Å². The van der Waals surface area contributed by atoms with E-state index >= 15 is 0 Å². The van der Waals surface area contributed by atoms with Crippen molar-refractivity contribution >= 4 is 22.8 Å². The third-order valence-electron chi connectivity index (χ3n) is 8.23. The summed E-state index contributed by atoms with van der Waals surface area (Å²) in [5.74, 6) is 2.45. The van der Waals surface area contributed by atoms with Gasteiger partial charge in [0, 0.05) is 38.3 Å². The zero-order valence-corrected chi connectivity index (χ0v) is 21.5. The van der Waals surface area contributed by atoms with Crippen molar-refractivity contribution in [2.45, 2.75) is 57.1 Å². The van der Waals surface area contributed by atoms with Crippen molar-refractivity contribution in [2.75, 3.05) is 39.2 Å². The Morgan fingerprint density at radius 3 is 2.69 bits per heavy atom. The maximum Gasteiger partial charge on any atom is 0.411 e. The Morgan fingerprint density at radius 2 is 1.92 bits per heavy atom. The SMILES string of the molecule is COC(=O)Nc1ccc2c(c1)C[C@H](CN1CC[C@H](n3c(C4CC4)nc4cc(C)ccc43)[C@@H](OC)C1)C2. The summed E-state index contributed by atoms with van der Waals surface area (Å²) in [5, 5.41) is 2.79. The number of imidazole rings is 1. The van der Waals surface area contributed by atoms with Gasteiger partial charge >= 0.3 is 6.09 Å². The summed E-state index contributed by atoms with van der Waals surface area (Å²) in [6, 6.07) is 13.2. The first-order valence-corrected chi connectivity index (χ1v) is 13.2. The van der Waals surface area contributed by atoms with Gasteiger partial charge in [-0.25, -0.2) is 9.78 Å². The normalized spacial score (nSPS) is 24.1. The fourth-order valence-corrected chi connectivity index (χ4v) is 6.32. The molecule has 190 valence electrons. The van der Waals surface area contributed by atoms with Gasteiger partial charge in [-0.3, -0.25) is 5.32 Å². The number of hydrogen-bond acceptors (Lipinski definition) is 5. The molecular formula is C29H36N4O3. The van der Waals surface area contributed by atoms with Crippen molar-refractivity contribution in [3.63, 3.8) is 0 Å². The predicted octanol–water partition coefficient (Wildman–Crippen LogP) is 5.08. The van der Waals surface area contributed by atoms with E-state index in [4.69, 9.17) is 14.5 Å². The van der Waals surface area contributed by atoms with E-state index in [1.165, 1.54) is 48.0 Å². The van der Waals surface area contributed by atoms with Crippen LogP contribution in [0.2, 0.25) is 0 Å². The zero-order chi connectivity index (χ0) is 24.8. The molecule has 1 aliphatic heterocycles. The highest BCUT2D eigenvalue weighted by atomic mass is 16.5. The summed E-state index contributed by atoms with van der Waals surface area (Å²) in [7, 11) is 3.25. The van der Waals surface area contributed by atoms with E-state index in [9.17, 15) is 4.79 Å². The van der Waals surface area contributed by atoms with Crippen LogP contribution >= 0.6 is 0 Å². The van der Waals surface area contributed by atoms with Crippen LogP contribution in [0.15, 0.2) is 36.4 Å². The molecule has 2 heterocycles. The number of aromatic nitrogens is 2. The van der Waals surface area contributed by atoms with E-state index in [0.717, 1.165) is 50.1 Å². The second kappa shape index (κ2) is 9.52. The third-order valence-corrected chi connectivity index (χ3v) is 8.23. The lowest BCUT2D eigenvalue weighted by molar-refractivity contribution is -0.00950. The number of carbonyl (C=O) groups excluding carboxylic acids is 1. The van der Waals surface area contributed by atoms with E-state index < -0.39 is 6.09 Å². The van der Waals surface area contributed by atoms with Gasteiger partial charge in [-0.2, -0.15) is 0 Å². The van der Waals surface area contributed by atoms with Crippen molar-refractivity contribution in [1.29, 1.82) is 0 Å². The van der Waals surface area contributed by atoms with Crippen LogP contribution in [0.25, 0.3) is 11.0 Å². The highest BCUT2D eigenvalue weighted by Gasteiger charge is 2.38. The van der Waals surface area contributed by atoms with Gasteiger partial charge in [-0.1, -0.05) is 12.1 Å². The van der Waals surface area contributed by atoms with Crippen molar-refractivity contribution < 1.29 is 14.3 Å². The molecule has 1 amide bonds. The van der Waals surface area contributed by atoms with Gasteiger partial charge < -0.3 is 18.9 Å². The number of ether oxygens (including phenoxy) is 2. The molecule has 2 aliphatic carbocycles. The van der Waals surface area contributed by atoms with E-state index in [1.807, 2.05) is 13.2 Å². The minimum Gasteiger partial charge on any atom is -0.453 e. The zero-order valence-electron chi connectivity index (χ0n) is 21.5. The molecular weight excluding hydrogens is 452 g/mol. The van der Waals surface area contributed by atoms with Crippen molar-refractivity contribution in [2.24, 2.45) is 5.92 Å². The monoisotopic (exact) mass is 488 g/mol. The fraction of sp³-hybridized carbons (Fsp3) is 0.517. The number of aryl methyl sites for hydroxylation is 1. The van der Waals surface area contributed by atoms with E-state index in [0.29, 0.717) is 17.9 Å². The summed E-state index contributed by atoms with van der Waals surface area (Å²) in [5.41, 5.74) is 7.17. The Labute approximate surface area is 212 Å². The standard InChI is InChI=1S/C29H36N4O3/c1-18-4-9-25-24(12-18)31-28(20-5-6-20)33(25)26-10-11-32(17-27(26)35-2)16-19-13-21-7-8-23(15-22(21)14-19)30-29(34)36-3/h4,7-9,12,15,19-20,26-27H,5-6,10-11,13-14,16-17H2,1-3H3,(H,30,34)/t19-,26+,27+/m1/s1.